The zero-order chi connectivity index (χ0) is 9.03. The standard InChI is InChI=1S/C5H6N4O2S/c6-1-2-9-12(10,11)5-3-7-8-4-5/h3-4,9H,2H2,(H,7,8). The van der Waals surface area contributed by atoms with E-state index in [1.807, 2.05) is 0 Å². The number of aromatic amines is 1. The lowest BCUT2D eigenvalue weighted by Crippen LogP contribution is -2.23. The van der Waals surface area contributed by atoms with Crippen LogP contribution in [0.1, 0.15) is 0 Å². The first-order chi connectivity index (χ1) is 5.67. The first-order valence-corrected chi connectivity index (χ1v) is 4.50. The van der Waals surface area contributed by atoms with Gasteiger partial charge in [-0.05, 0) is 0 Å². The highest BCUT2D eigenvalue weighted by molar-refractivity contribution is 7.89. The van der Waals surface area contributed by atoms with Gasteiger partial charge in [0.2, 0.25) is 10.0 Å². The third-order valence-electron chi connectivity index (χ3n) is 1.12. The summed E-state index contributed by atoms with van der Waals surface area (Å²) in [5.41, 5.74) is 0. The van der Waals surface area contributed by atoms with Crippen LogP contribution in [0.25, 0.3) is 0 Å². The quantitative estimate of drug-likeness (QED) is 0.604. The molecule has 0 radical (unpaired) electrons. The van der Waals surface area contributed by atoms with Crippen LogP contribution >= 0.6 is 0 Å². The third kappa shape index (κ3) is 1.81. The SMILES string of the molecule is N#CCNS(=O)(=O)c1cn[nH]c1. The minimum atomic E-state index is -3.55. The van der Waals surface area contributed by atoms with Crippen LogP contribution in [0.15, 0.2) is 17.3 Å². The van der Waals surface area contributed by atoms with Gasteiger partial charge in [0, 0.05) is 6.20 Å². The summed E-state index contributed by atoms with van der Waals surface area (Å²) in [4.78, 5) is 0.0257. The second-order valence-electron chi connectivity index (χ2n) is 1.92. The van der Waals surface area contributed by atoms with Crippen molar-refractivity contribution in [3.05, 3.63) is 12.4 Å². The van der Waals surface area contributed by atoms with Crippen molar-refractivity contribution in [1.82, 2.24) is 14.9 Å². The minimum absolute atomic E-state index is 0.0257. The van der Waals surface area contributed by atoms with Crippen LogP contribution in [0, 0.1) is 11.3 Å². The van der Waals surface area contributed by atoms with E-state index in [4.69, 9.17) is 5.26 Å². The molecule has 0 aliphatic rings. The van der Waals surface area contributed by atoms with Crippen molar-refractivity contribution in [2.75, 3.05) is 6.54 Å². The molecule has 0 aromatic carbocycles. The molecule has 1 aromatic rings. The highest BCUT2D eigenvalue weighted by Crippen LogP contribution is 2.02. The first-order valence-electron chi connectivity index (χ1n) is 3.02. The van der Waals surface area contributed by atoms with Gasteiger partial charge in [0.1, 0.15) is 4.90 Å². The van der Waals surface area contributed by atoms with Gasteiger partial charge in [0.25, 0.3) is 0 Å². The summed E-state index contributed by atoms with van der Waals surface area (Å²) in [7, 11) is -3.55. The number of hydrogen-bond acceptors (Lipinski definition) is 4. The molecule has 0 aliphatic heterocycles. The van der Waals surface area contributed by atoms with E-state index in [9.17, 15) is 8.42 Å². The molecule has 0 atom stereocenters. The predicted octanol–water partition coefficient (Wildman–Crippen LogP) is -0.788. The Morgan fingerprint density at radius 1 is 1.75 bits per heavy atom. The Kier molecular flexibility index (Phi) is 2.42. The molecule has 7 heteroatoms. The molecule has 6 nitrogen and oxygen atoms in total. The number of nitriles is 1. The van der Waals surface area contributed by atoms with Crippen LogP contribution in [-0.4, -0.2) is 25.2 Å². The topological polar surface area (TPSA) is 98.6 Å². The average molecular weight is 186 g/mol. The van der Waals surface area contributed by atoms with Crippen molar-refractivity contribution in [2.24, 2.45) is 0 Å². The van der Waals surface area contributed by atoms with Crippen molar-refractivity contribution in [1.29, 1.82) is 5.26 Å². The summed E-state index contributed by atoms with van der Waals surface area (Å²) >= 11 is 0. The Labute approximate surface area is 69.3 Å². The molecule has 1 aromatic heterocycles. The molecule has 0 bridgehead atoms. The molecule has 1 rings (SSSR count). The number of rotatable bonds is 3. The fourth-order valence-corrected chi connectivity index (χ4v) is 1.42. The lowest BCUT2D eigenvalue weighted by atomic mass is 10.7. The molecule has 0 spiro atoms. The molecular weight excluding hydrogens is 180 g/mol. The van der Waals surface area contributed by atoms with E-state index in [2.05, 4.69) is 14.9 Å². The summed E-state index contributed by atoms with van der Waals surface area (Å²) in [6.07, 6.45) is 2.40. The molecule has 0 unspecified atom stereocenters. The second-order valence-corrected chi connectivity index (χ2v) is 3.68. The van der Waals surface area contributed by atoms with Crippen molar-refractivity contribution < 1.29 is 8.42 Å². The zero-order valence-electron chi connectivity index (χ0n) is 5.98. The van der Waals surface area contributed by atoms with Gasteiger partial charge in [-0.15, -0.1) is 0 Å². The van der Waals surface area contributed by atoms with Gasteiger partial charge >= 0.3 is 0 Å². The van der Waals surface area contributed by atoms with Crippen LogP contribution in [0.5, 0.6) is 0 Å². The molecule has 1 heterocycles. The van der Waals surface area contributed by atoms with E-state index >= 15 is 0 Å². The lowest BCUT2D eigenvalue weighted by molar-refractivity contribution is 0.586. The second kappa shape index (κ2) is 3.34. The minimum Gasteiger partial charge on any atom is -0.284 e. The van der Waals surface area contributed by atoms with Crippen molar-refractivity contribution in [3.8, 4) is 6.07 Å². The van der Waals surface area contributed by atoms with Gasteiger partial charge in [-0.25, -0.2) is 8.42 Å². The average Bonchev–Trinajstić information content (AvgIpc) is 2.53. The zero-order valence-corrected chi connectivity index (χ0v) is 6.80. The molecule has 64 valence electrons. The summed E-state index contributed by atoms with van der Waals surface area (Å²) in [5.74, 6) is 0. The number of H-pyrrole nitrogens is 1. The van der Waals surface area contributed by atoms with Crippen LogP contribution in [0.2, 0.25) is 0 Å². The molecule has 12 heavy (non-hydrogen) atoms. The monoisotopic (exact) mass is 186 g/mol. The van der Waals surface area contributed by atoms with E-state index in [-0.39, 0.29) is 11.4 Å². The number of hydrogen-bond donors (Lipinski definition) is 2. The Balaban J connectivity index is 2.83. The van der Waals surface area contributed by atoms with Gasteiger partial charge < -0.3 is 0 Å². The molecular formula is C5H6N4O2S. The van der Waals surface area contributed by atoms with Crippen LogP contribution in [0.4, 0.5) is 0 Å². The van der Waals surface area contributed by atoms with E-state index < -0.39 is 10.0 Å². The highest BCUT2D eigenvalue weighted by Gasteiger charge is 2.13. The Morgan fingerprint density at radius 2 is 2.50 bits per heavy atom. The fraction of sp³-hybridized carbons (Fsp3) is 0.200. The Morgan fingerprint density at radius 3 is 3.00 bits per heavy atom. The van der Waals surface area contributed by atoms with Gasteiger partial charge in [-0.2, -0.15) is 15.1 Å². The fourth-order valence-electron chi connectivity index (χ4n) is 0.597. The number of nitrogens with zero attached hydrogens (tertiary/aromatic N) is 2. The summed E-state index contributed by atoms with van der Waals surface area (Å²) in [5, 5.41) is 14.0. The molecule has 0 saturated carbocycles. The maximum atomic E-state index is 11.1. The van der Waals surface area contributed by atoms with E-state index in [1.165, 1.54) is 12.4 Å². The third-order valence-corrected chi connectivity index (χ3v) is 2.49. The summed E-state index contributed by atoms with van der Waals surface area (Å²) < 4.78 is 24.3. The van der Waals surface area contributed by atoms with Gasteiger partial charge in [-0.3, -0.25) is 5.10 Å². The maximum absolute atomic E-state index is 11.1. The van der Waals surface area contributed by atoms with Crippen LogP contribution in [0.3, 0.4) is 0 Å². The Bertz CT molecular complexity index is 374. The highest BCUT2D eigenvalue weighted by atomic mass is 32.2. The van der Waals surface area contributed by atoms with Gasteiger partial charge in [0.05, 0.1) is 18.8 Å². The molecule has 0 amide bonds. The van der Waals surface area contributed by atoms with E-state index in [0.717, 1.165) is 0 Å². The number of sulfonamides is 1. The predicted molar refractivity (Wildman–Crippen MR) is 39.4 cm³/mol. The largest absolute Gasteiger partial charge is 0.284 e. The first kappa shape index (κ1) is 8.70. The van der Waals surface area contributed by atoms with Crippen LogP contribution < -0.4 is 4.72 Å². The smallest absolute Gasteiger partial charge is 0.244 e. The Hall–Kier alpha value is -1.39. The van der Waals surface area contributed by atoms with Crippen molar-refractivity contribution >= 4 is 10.0 Å². The molecule has 2 N–H and O–H groups in total. The van der Waals surface area contributed by atoms with Crippen LogP contribution in [-0.2, 0) is 10.0 Å². The van der Waals surface area contributed by atoms with Gasteiger partial charge in [-0.1, -0.05) is 0 Å². The van der Waals surface area contributed by atoms with Crippen molar-refractivity contribution in [2.45, 2.75) is 4.90 Å². The number of nitrogens with one attached hydrogen (secondary N) is 2. The maximum Gasteiger partial charge on any atom is 0.244 e. The summed E-state index contributed by atoms with van der Waals surface area (Å²) in [6.45, 7) is -0.243. The van der Waals surface area contributed by atoms with E-state index in [1.54, 1.807) is 6.07 Å². The normalized spacial score (nSPS) is 10.9. The van der Waals surface area contributed by atoms with Crippen molar-refractivity contribution in [3.63, 3.8) is 0 Å². The lowest BCUT2D eigenvalue weighted by Gasteiger charge is -1.97. The number of aromatic nitrogens is 2. The molecule has 0 saturated heterocycles. The van der Waals surface area contributed by atoms with Gasteiger partial charge in [0.15, 0.2) is 0 Å². The summed E-state index contributed by atoms with van der Waals surface area (Å²) in [6, 6.07) is 1.66. The molecule has 0 fully saturated rings. The van der Waals surface area contributed by atoms with E-state index in [0.29, 0.717) is 0 Å². The molecule has 0 aliphatic carbocycles.